The molecule has 452 valence electrons. The van der Waals surface area contributed by atoms with Gasteiger partial charge in [-0.2, -0.15) is 57.1 Å². The Labute approximate surface area is 428 Å². The summed E-state index contributed by atoms with van der Waals surface area (Å²) in [6.45, 7) is 11.8. The topological polar surface area (TPSA) is 177 Å². The van der Waals surface area contributed by atoms with E-state index in [9.17, 15) is 57.1 Å². The summed E-state index contributed by atoms with van der Waals surface area (Å²) in [5.41, 5.74) is 0. The predicted molar refractivity (Wildman–Crippen MR) is 236 cm³/mol. The van der Waals surface area contributed by atoms with Gasteiger partial charge in [0.2, 0.25) is 0 Å². The number of halogens is 13. The molecule has 0 bridgehead atoms. The van der Waals surface area contributed by atoms with Gasteiger partial charge in [0.05, 0.1) is 230 Å². The Kier molecular flexibility index (Phi) is 43.2. The van der Waals surface area contributed by atoms with Crippen molar-refractivity contribution in [1.29, 1.82) is 0 Å². The molecule has 2 unspecified atom stereocenters. The molecule has 0 spiro atoms. The van der Waals surface area contributed by atoms with Crippen LogP contribution in [0.2, 0.25) is 0 Å². The smallest absolute Gasteiger partial charge is 0.394 e. The van der Waals surface area contributed by atoms with E-state index >= 15 is 0 Å². The summed E-state index contributed by atoms with van der Waals surface area (Å²) in [4.78, 5) is 0. The molecule has 0 aliphatic rings. The van der Waals surface area contributed by atoms with Gasteiger partial charge in [0, 0.05) is 6.42 Å². The first kappa shape index (κ1) is 73.4. The second-order valence-electron chi connectivity index (χ2n) is 15.4. The molecule has 2 atom stereocenters. The van der Waals surface area contributed by atoms with E-state index in [4.69, 9.17) is 80.9 Å². The van der Waals surface area contributed by atoms with Gasteiger partial charge in [-0.25, -0.2) is 0 Å². The van der Waals surface area contributed by atoms with Gasteiger partial charge >= 0.3 is 35.8 Å². The zero-order chi connectivity index (χ0) is 56.2. The fourth-order valence-electron chi connectivity index (χ4n) is 5.14. The SMILES string of the molecule is CC(COCCC(F)(F)C(F)(F)C(F)(F)C(F)(F)C(F)(F)C(F)(F)F)OCC(C)OCCOCCOCCOCCOCCOCCOCCOCCOCCOCCOCCOCCOCCOCCOCCO. The minimum Gasteiger partial charge on any atom is -0.394 e. The van der Waals surface area contributed by atoms with Gasteiger partial charge in [-0.15, -0.1) is 0 Å². The fourth-order valence-corrected chi connectivity index (χ4v) is 5.14. The van der Waals surface area contributed by atoms with E-state index in [1.165, 1.54) is 6.92 Å². The third-order valence-corrected chi connectivity index (χ3v) is 9.23. The summed E-state index contributed by atoms with van der Waals surface area (Å²) in [6.07, 6.45) is -11.4. The number of alkyl halides is 13. The highest BCUT2D eigenvalue weighted by molar-refractivity contribution is 5.10. The first-order valence-electron chi connectivity index (χ1n) is 24.1. The third-order valence-electron chi connectivity index (χ3n) is 9.23. The van der Waals surface area contributed by atoms with E-state index in [0.717, 1.165) is 0 Å². The van der Waals surface area contributed by atoms with Gasteiger partial charge in [0.15, 0.2) is 0 Å². The van der Waals surface area contributed by atoms with Crippen molar-refractivity contribution in [3.05, 3.63) is 0 Å². The van der Waals surface area contributed by atoms with Crippen LogP contribution in [0, 0.1) is 0 Å². The fraction of sp³-hybridized carbons (Fsp3) is 1.00. The zero-order valence-corrected chi connectivity index (χ0v) is 42.5. The second-order valence-corrected chi connectivity index (χ2v) is 15.4. The van der Waals surface area contributed by atoms with Gasteiger partial charge < -0.3 is 85.6 Å². The largest absolute Gasteiger partial charge is 0.460 e. The van der Waals surface area contributed by atoms with Crippen LogP contribution in [-0.2, 0) is 80.5 Å². The van der Waals surface area contributed by atoms with Crippen molar-refractivity contribution in [3.63, 3.8) is 0 Å². The molecule has 0 amide bonds. The Morgan fingerprint density at radius 2 is 0.507 bits per heavy atom. The molecule has 1 N–H and O–H groups in total. The highest BCUT2D eigenvalue weighted by Crippen LogP contribution is 2.60. The molecule has 0 aliphatic carbocycles. The second kappa shape index (κ2) is 44.2. The van der Waals surface area contributed by atoms with Crippen LogP contribution in [0.4, 0.5) is 57.1 Å². The molecule has 0 radical (unpaired) electrons. The number of rotatable bonds is 57. The van der Waals surface area contributed by atoms with Crippen LogP contribution < -0.4 is 0 Å². The zero-order valence-electron chi connectivity index (χ0n) is 42.5. The van der Waals surface area contributed by atoms with Gasteiger partial charge in [-0.05, 0) is 13.8 Å². The van der Waals surface area contributed by atoms with Crippen molar-refractivity contribution < 1.29 is 143 Å². The van der Waals surface area contributed by atoms with Crippen molar-refractivity contribution in [2.24, 2.45) is 0 Å². The lowest BCUT2D eigenvalue weighted by Crippen LogP contribution is -2.70. The molecule has 0 aliphatic heterocycles. The predicted octanol–water partition coefficient (Wildman–Crippen LogP) is 5.17. The van der Waals surface area contributed by atoms with E-state index in [1.807, 2.05) is 0 Å². The summed E-state index contributed by atoms with van der Waals surface area (Å²) in [6, 6.07) is 0. The average Bonchev–Trinajstić information content (AvgIpc) is 3.35. The first-order chi connectivity index (χ1) is 35.6. The quantitative estimate of drug-likeness (QED) is 0.0623. The number of aliphatic hydroxyl groups excluding tert-OH is 1. The molecule has 75 heavy (non-hydrogen) atoms. The Hall–Kier alpha value is -1.63. The highest BCUT2D eigenvalue weighted by atomic mass is 19.4. The maximum Gasteiger partial charge on any atom is 0.460 e. The van der Waals surface area contributed by atoms with Gasteiger partial charge in [-0.3, -0.25) is 0 Å². The third kappa shape index (κ3) is 34.2. The Morgan fingerprint density at radius 3 is 0.773 bits per heavy atom. The van der Waals surface area contributed by atoms with Crippen molar-refractivity contribution >= 4 is 0 Å². The molecule has 31 heteroatoms. The number of ether oxygens (including phenoxy) is 17. The van der Waals surface area contributed by atoms with Crippen LogP contribution >= 0.6 is 0 Å². The van der Waals surface area contributed by atoms with Crippen molar-refractivity contribution in [1.82, 2.24) is 0 Å². The van der Waals surface area contributed by atoms with Gasteiger partial charge in [-0.1, -0.05) is 0 Å². The molecule has 0 saturated heterocycles. The van der Waals surface area contributed by atoms with Crippen LogP contribution in [-0.4, -0.2) is 271 Å². The Bertz CT molecular complexity index is 1290. The summed E-state index contributed by atoms with van der Waals surface area (Å²) in [5.74, 6) is -37.1. The van der Waals surface area contributed by atoms with Crippen LogP contribution in [0.1, 0.15) is 20.3 Å². The number of hydrogen-bond donors (Lipinski definition) is 1. The molecular formula is C44H77F13O18. The summed E-state index contributed by atoms with van der Waals surface area (Å²) < 4.78 is 263. The molecule has 0 fully saturated rings. The number of hydrogen-bond acceptors (Lipinski definition) is 18. The van der Waals surface area contributed by atoms with Crippen molar-refractivity contribution in [3.8, 4) is 0 Å². The van der Waals surface area contributed by atoms with Gasteiger partial charge in [0.1, 0.15) is 0 Å². The van der Waals surface area contributed by atoms with E-state index in [-0.39, 0.29) is 39.6 Å². The minimum absolute atomic E-state index is 0.00311. The maximum absolute atomic E-state index is 13.9. The average molecular weight is 1140 g/mol. The summed E-state index contributed by atoms with van der Waals surface area (Å²) in [5, 5.41) is 8.59. The van der Waals surface area contributed by atoms with Gasteiger partial charge in [0.25, 0.3) is 0 Å². The van der Waals surface area contributed by atoms with Crippen LogP contribution in [0.15, 0.2) is 0 Å². The lowest BCUT2D eigenvalue weighted by Gasteiger charge is -2.39. The lowest BCUT2D eigenvalue weighted by atomic mass is 9.93. The number of aliphatic hydroxyl groups is 1. The van der Waals surface area contributed by atoms with Crippen LogP contribution in [0.3, 0.4) is 0 Å². The lowest BCUT2D eigenvalue weighted by molar-refractivity contribution is -0.440. The molecule has 18 nitrogen and oxygen atoms in total. The van der Waals surface area contributed by atoms with Crippen molar-refractivity contribution in [2.75, 3.05) is 218 Å². The van der Waals surface area contributed by atoms with E-state index < -0.39 is 67.6 Å². The molecular weight excluding hydrogens is 1060 g/mol. The molecule has 0 heterocycles. The van der Waals surface area contributed by atoms with Crippen LogP contribution in [0.25, 0.3) is 0 Å². The standard InChI is InChI=1S/C44H77F13O18/c1-37(35-73-5-3-39(45,46)40(47,48)41(49,50)42(51,52)43(53,54)44(55,56)57)75-36-38(2)74-34-33-72-32-31-71-30-29-70-28-27-69-26-25-68-24-23-67-22-21-66-20-19-65-18-17-64-16-15-63-14-13-62-12-11-61-10-9-60-8-7-59-6-4-58/h37-38,58H,3-36H2,1-2H3. The summed E-state index contributed by atoms with van der Waals surface area (Å²) >= 11 is 0. The minimum atomic E-state index is -7.94. The monoisotopic (exact) mass is 1140 g/mol. The molecule has 0 aromatic carbocycles. The molecule has 0 aromatic heterocycles. The maximum atomic E-state index is 13.9. The van der Waals surface area contributed by atoms with E-state index in [1.54, 1.807) is 6.92 Å². The normalized spacial score (nSPS) is 14.1. The van der Waals surface area contributed by atoms with Crippen LogP contribution in [0.5, 0.6) is 0 Å². The summed E-state index contributed by atoms with van der Waals surface area (Å²) in [7, 11) is 0. The highest BCUT2D eigenvalue weighted by Gasteiger charge is 2.90. The molecule has 0 aromatic rings. The Balaban J connectivity index is 3.51. The van der Waals surface area contributed by atoms with E-state index in [0.29, 0.717) is 165 Å². The Morgan fingerprint density at radius 1 is 0.267 bits per heavy atom. The van der Waals surface area contributed by atoms with E-state index in [2.05, 4.69) is 4.74 Å². The molecule has 0 rings (SSSR count). The first-order valence-corrected chi connectivity index (χ1v) is 24.1. The van der Waals surface area contributed by atoms with Crippen molar-refractivity contribution in [2.45, 2.75) is 68.3 Å². The molecule has 0 saturated carbocycles.